The molecule has 13 heavy (non-hydrogen) atoms. The third kappa shape index (κ3) is 18.5. The second kappa shape index (κ2) is 9.72. The molecule has 0 radical (unpaired) electrons. The fourth-order valence-electron chi connectivity index (χ4n) is 0.794. The van der Waals surface area contributed by atoms with E-state index in [-0.39, 0.29) is 0 Å². The van der Waals surface area contributed by atoms with Crippen LogP contribution in [0.15, 0.2) is 0 Å². The van der Waals surface area contributed by atoms with Crippen LogP contribution < -0.4 is 0 Å². The van der Waals surface area contributed by atoms with Crippen molar-refractivity contribution in [3.05, 3.63) is 0 Å². The van der Waals surface area contributed by atoms with Crippen LogP contribution in [0.4, 0.5) is 0 Å². The van der Waals surface area contributed by atoms with E-state index in [0.717, 1.165) is 0 Å². The van der Waals surface area contributed by atoms with E-state index in [1.807, 2.05) is 41.5 Å². The summed E-state index contributed by atoms with van der Waals surface area (Å²) in [6.45, 7) is 11.9. The molecule has 2 heteroatoms. The lowest BCUT2D eigenvalue weighted by atomic mass is 10.3. The molecule has 0 atom stereocenters. The van der Waals surface area contributed by atoms with Crippen molar-refractivity contribution < 1.29 is 9.53 Å². The first-order valence-corrected chi connectivity index (χ1v) is 5.11. The summed E-state index contributed by atoms with van der Waals surface area (Å²) in [5.41, 5.74) is 0. The summed E-state index contributed by atoms with van der Waals surface area (Å²) in [4.78, 5) is 10.2. The van der Waals surface area contributed by atoms with Crippen LogP contribution in [0, 0.1) is 0 Å². The summed E-state index contributed by atoms with van der Waals surface area (Å²) >= 11 is 0. The van der Waals surface area contributed by atoms with Gasteiger partial charge in [-0.25, -0.2) is 0 Å². The predicted molar refractivity (Wildman–Crippen MR) is 56.9 cm³/mol. The number of ether oxygens (including phenoxy) is 1. The SMILES string of the molecule is CC(C)OC(C)C.CCC(=O)CC. The lowest BCUT2D eigenvalue weighted by Gasteiger charge is -2.09. The van der Waals surface area contributed by atoms with Gasteiger partial charge in [0.2, 0.25) is 0 Å². The molecule has 0 rings (SSSR count). The second-order valence-corrected chi connectivity index (χ2v) is 3.48. The first-order chi connectivity index (χ1) is 5.93. The normalized spacial score (nSPS) is 9.85. The van der Waals surface area contributed by atoms with E-state index in [4.69, 9.17) is 4.74 Å². The van der Waals surface area contributed by atoms with Crippen LogP contribution in [0.25, 0.3) is 0 Å². The fourth-order valence-corrected chi connectivity index (χ4v) is 0.794. The van der Waals surface area contributed by atoms with Crippen molar-refractivity contribution in [2.75, 3.05) is 0 Å². The lowest BCUT2D eigenvalue weighted by Crippen LogP contribution is -2.09. The van der Waals surface area contributed by atoms with Gasteiger partial charge in [-0.05, 0) is 27.7 Å². The maximum absolute atomic E-state index is 10.2. The summed E-state index contributed by atoms with van der Waals surface area (Å²) in [6.07, 6.45) is 2.13. The number of hydrogen-bond acceptors (Lipinski definition) is 2. The Balaban J connectivity index is 0. The molecule has 0 aliphatic carbocycles. The predicted octanol–water partition coefficient (Wildman–Crippen LogP) is 3.20. The highest BCUT2D eigenvalue weighted by Gasteiger charge is 1.94. The highest BCUT2D eigenvalue weighted by Crippen LogP contribution is 1.93. The van der Waals surface area contributed by atoms with E-state index in [9.17, 15) is 4.79 Å². The van der Waals surface area contributed by atoms with E-state index in [0.29, 0.717) is 30.8 Å². The minimum absolute atomic E-state index is 0.343. The Hall–Kier alpha value is -0.370. The van der Waals surface area contributed by atoms with Gasteiger partial charge in [0.1, 0.15) is 5.78 Å². The Morgan fingerprint density at radius 2 is 1.31 bits per heavy atom. The van der Waals surface area contributed by atoms with Crippen molar-refractivity contribution in [3.8, 4) is 0 Å². The Morgan fingerprint density at radius 1 is 1.00 bits per heavy atom. The van der Waals surface area contributed by atoms with Gasteiger partial charge in [-0.3, -0.25) is 4.79 Å². The van der Waals surface area contributed by atoms with Crippen molar-refractivity contribution in [2.45, 2.75) is 66.6 Å². The summed E-state index contributed by atoms with van der Waals surface area (Å²) < 4.78 is 5.25. The summed E-state index contributed by atoms with van der Waals surface area (Å²) in [7, 11) is 0. The van der Waals surface area contributed by atoms with Crippen molar-refractivity contribution in [2.24, 2.45) is 0 Å². The van der Waals surface area contributed by atoms with Crippen LogP contribution >= 0.6 is 0 Å². The number of hydrogen-bond donors (Lipinski definition) is 0. The van der Waals surface area contributed by atoms with Crippen molar-refractivity contribution in [1.29, 1.82) is 0 Å². The standard InChI is InChI=1S/C6H14O.C5H10O/c1-5(2)7-6(3)4;1-3-5(6)4-2/h5-6H,1-4H3;3-4H2,1-2H3. The molecule has 0 saturated heterocycles. The minimum atomic E-state index is 0.343. The Kier molecular flexibility index (Phi) is 11.3. The molecule has 0 spiro atoms. The monoisotopic (exact) mass is 188 g/mol. The zero-order valence-corrected chi connectivity index (χ0v) is 9.89. The molecule has 0 amide bonds. The van der Waals surface area contributed by atoms with Gasteiger partial charge in [0.05, 0.1) is 12.2 Å². The first kappa shape index (κ1) is 15.1. The molecule has 80 valence electrons. The van der Waals surface area contributed by atoms with Crippen LogP contribution in [0.5, 0.6) is 0 Å². The quantitative estimate of drug-likeness (QED) is 0.677. The van der Waals surface area contributed by atoms with Gasteiger partial charge in [0.15, 0.2) is 0 Å². The zero-order chi connectivity index (χ0) is 10.9. The molecule has 0 bridgehead atoms. The molecular weight excluding hydrogens is 164 g/mol. The molecule has 0 fully saturated rings. The van der Waals surface area contributed by atoms with Gasteiger partial charge in [0.25, 0.3) is 0 Å². The minimum Gasteiger partial charge on any atom is -0.376 e. The number of Topliss-reactive ketones (excluding diaryl/α,β-unsaturated/α-hetero) is 1. The fraction of sp³-hybridized carbons (Fsp3) is 0.909. The average molecular weight is 188 g/mol. The van der Waals surface area contributed by atoms with Gasteiger partial charge < -0.3 is 4.74 Å². The molecule has 0 aliphatic heterocycles. The van der Waals surface area contributed by atoms with E-state index < -0.39 is 0 Å². The van der Waals surface area contributed by atoms with E-state index in [2.05, 4.69) is 0 Å². The third-order valence-corrected chi connectivity index (χ3v) is 1.33. The van der Waals surface area contributed by atoms with Crippen LogP contribution in [0.2, 0.25) is 0 Å². The molecule has 0 heterocycles. The molecule has 0 unspecified atom stereocenters. The number of carbonyl (C=O) groups is 1. The maximum Gasteiger partial charge on any atom is 0.132 e. The number of carbonyl (C=O) groups excluding carboxylic acids is 1. The van der Waals surface area contributed by atoms with Crippen molar-refractivity contribution >= 4 is 5.78 Å². The van der Waals surface area contributed by atoms with Crippen LogP contribution in [0.3, 0.4) is 0 Å². The molecule has 0 N–H and O–H groups in total. The zero-order valence-electron chi connectivity index (χ0n) is 9.89. The smallest absolute Gasteiger partial charge is 0.132 e. The summed E-state index contributed by atoms with van der Waals surface area (Å²) in [6, 6.07) is 0. The molecular formula is C11H24O2. The first-order valence-electron chi connectivity index (χ1n) is 5.11. The second-order valence-electron chi connectivity index (χ2n) is 3.48. The highest BCUT2D eigenvalue weighted by molar-refractivity contribution is 5.77. The van der Waals surface area contributed by atoms with E-state index in [1.54, 1.807) is 0 Å². The molecule has 0 aliphatic rings. The number of rotatable bonds is 4. The van der Waals surface area contributed by atoms with Gasteiger partial charge in [-0.2, -0.15) is 0 Å². The summed E-state index contributed by atoms with van der Waals surface area (Å²) in [5, 5.41) is 0. The van der Waals surface area contributed by atoms with Crippen LogP contribution in [-0.4, -0.2) is 18.0 Å². The topological polar surface area (TPSA) is 26.3 Å². The van der Waals surface area contributed by atoms with Crippen molar-refractivity contribution in [1.82, 2.24) is 0 Å². The highest BCUT2D eigenvalue weighted by atomic mass is 16.5. The van der Waals surface area contributed by atoms with Crippen molar-refractivity contribution in [3.63, 3.8) is 0 Å². The largest absolute Gasteiger partial charge is 0.376 e. The van der Waals surface area contributed by atoms with Gasteiger partial charge in [-0.15, -0.1) is 0 Å². The van der Waals surface area contributed by atoms with Crippen LogP contribution in [-0.2, 0) is 9.53 Å². The van der Waals surface area contributed by atoms with Gasteiger partial charge in [-0.1, -0.05) is 13.8 Å². The van der Waals surface area contributed by atoms with E-state index >= 15 is 0 Å². The van der Waals surface area contributed by atoms with Gasteiger partial charge >= 0.3 is 0 Å². The third-order valence-electron chi connectivity index (χ3n) is 1.33. The molecule has 0 saturated carbocycles. The van der Waals surface area contributed by atoms with Gasteiger partial charge in [0, 0.05) is 12.8 Å². The molecule has 2 nitrogen and oxygen atoms in total. The Bertz CT molecular complexity index is 105. The lowest BCUT2D eigenvalue weighted by molar-refractivity contribution is -0.118. The maximum atomic E-state index is 10.2. The molecule has 0 aromatic carbocycles. The van der Waals surface area contributed by atoms with E-state index in [1.165, 1.54) is 0 Å². The Morgan fingerprint density at radius 3 is 1.31 bits per heavy atom. The number of ketones is 1. The van der Waals surface area contributed by atoms with Crippen LogP contribution in [0.1, 0.15) is 54.4 Å². The molecule has 0 aromatic heterocycles. The average Bonchev–Trinajstić information content (AvgIpc) is 2.01. The molecule has 0 aromatic rings. The Labute approximate surface area is 82.7 Å². The summed E-state index contributed by atoms with van der Waals surface area (Å²) in [5.74, 6) is 0.343.